The van der Waals surface area contributed by atoms with Crippen LogP contribution in [0.25, 0.3) is 0 Å². The van der Waals surface area contributed by atoms with Gasteiger partial charge in [0.15, 0.2) is 11.5 Å². The van der Waals surface area contributed by atoms with E-state index in [4.69, 9.17) is 14.2 Å². The van der Waals surface area contributed by atoms with Crippen LogP contribution in [-0.2, 0) is 6.54 Å². The topological polar surface area (TPSA) is 69.7 Å². The molecule has 0 bridgehead atoms. The Morgan fingerprint density at radius 3 is 2.77 bits per heavy atom. The van der Waals surface area contributed by atoms with Crippen molar-refractivity contribution < 1.29 is 19.0 Å². The quantitative estimate of drug-likeness (QED) is 0.932. The highest BCUT2D eigenvalue weighted by Crippen LogP contribution is 2.30. The Hall–Kier alpha value is -2.76. The molecule has 2 aromatic rings. The number of carbonyl (C=O) groups excluding carboxylic acids is 1. The maximum atomic E-state index is 12.1. The summed E-state index contributed by atoms with van der Waals surface area (Å²) in [5.74, 6) is 1.73. The number of carbonyl (C=O) groups is 1. The number of ether oxygens (including phenoxy) is 3. The lowest BCUT2D eigenvalue weighted by Gasteiger charge is -2.19. The van der Waals surface area contributed by atoms with Crippen molar-refractivity contribution in [2.75, 3.05) is 20.3 Å². The van der Waals surface area contributed by atoms with Crippen LogP contribution in [0.5, 0.6) is 17.4 Å². The molecule has 3 rings (SSSR count). The Morgan fingerprint density at radius 1 is 1.23 bits per heavy atom. The molecular weight excluding hydrogens is 284 g/mol. The highest BCUT2D eigenvalue weighted by Gasteiger charge is 2.12. The van der Waals surface area contributed by atoms with Gasteiger partial charge in [-0.3, -0.25) is 4.79 Å². The van der Waals surface area contributed by atoms with Gasteiger partial charge in [0.25, 0.3) is 5.91 Å². The van der Waals surface area contributed by atoms with Crippen LogP contribution in [0.4, 0.5) is 0 Å². The lowest BCUT2D eigenvalue weighted by atomic mass is 10.2. The van der Waals surface area contributed by atoms with Gasteiger partial charge in [-0.15, -0.1) is 0 Å². The molecule has 0 fully saturated rings. The van der Waals surface area contributed by atoms with Crippen LogP contribution in [0.15, 0.2) is 36.5 Å². The summed E-state index contributed by atoms with van der Waals surface area (Å²) < 4.78 is 15.9. The van der Waals surface area contributed by atoms with E-state index in [0.29, 0.717) is 37.0 Å². The molecule has 1 N–H and O–H groups in total. The van der Waals surface area contributed by atoms with Gasteiger partial charge in [-0.05, 0) is 23.8 Å². The van der Waals surface area contributed by atoms with Gasteiger partial charge in [-0.1, -0.05) is 6.07 Å². The van der Waals surface area contributed by atoms with E-state index >= 15 is 0 Å². The van der Waals surface area contributed by atoms with Crippen molar-refractivity contribution in [1.82, 2.24) is 10.3 Å². The molecule has 1 amide bonds. The molecule has 0 atom stereocenters. The molecule has 1 aromatic heterocycles. The normalized spacial score (nSPS) is 12.6. The fourth-order valence-electron chi connectivity index (χ4n) is 2.12. The van der Waals surface area contributed by atoms with Crippen molar-refractivity contribution in [1.29, 1.82) is 0 Å². The van der Waals surface area contributed by atoms with Crippen molar-refractivity contribution >= 4 is 5.91 Å². The number of nitrogens with one attached hydrogen (secondary N) is 1. The average molecular weight is 300 g/mol. The van der Waals surface area contributed by atoms with Crippen molar-refractivity contribution in [2.45, 2.75) is 6.54 Å². The molecule has 1 aliphatic rings. The summed E-state index contributed by atoms with van der Waals surface area (Å²) in [7, 11) is 1.53. The third-order valence-corrected chi connectivity index (χ3v) is 3.27. The van der Waals surface area contributed by atoms with Crippen LogP contribution in [0.1, 0.15) is 15.9 Å². The van der Waals surface area contributed by atoms with Crippen molar-refractivity contribution in [3.05, 3.63) is 47.7 Å². The summed E-state index contributed by atoms with van der Waals surface area (Å²) >= 11 is 0. The molecule has 114 valence electrons. The number of pyridine rings is 1. The summed E-state index contributed by atoms with van der Waals surface area (Å²) in [5, 5.41) is 2.84. The molecule has 0 saturated carbocycles. The number of nitrogens with zero attached hydrogens (tertiary/aromatic N) is 1. The predicted molar refractivity (Wildman–Crippen MR) is 79.4 cm³/mol. The second-order valence-corrected chi connectivity index (χ2v) is 4.75. The fourth-order valence-corrected chi connectivity index (χ4v) is 2.12. The first-order valence-corrected chi connectivity index (χ1v) is 6.93. The van der Waals surface area contributed by atoms with Gasteiger partial charge in [0.1, 0.15) is 13.2 Å². The van der Waals surface area contributed by atoms with Crippen molar-refractivity contribution in [3.8, 4) is 17.4 Å². The van der Waals surface area contributed by atoms with Crippen LogP contribution >= 0.6 is 0 Å². The zero-order valence-electron chi connectivity index (χ0n) is 12.2. The lowest BCUT2D eigenvalue weighted by Crippen LogP contribution is -2.23. The molecule has 1 aromatic carbocycles. The number of fused-ring (bicyclic) bond motifs is 1. The molecule has 0 unspecified atom stereocenters. The zero-order chi connectivity index (χ0) is 15.4. The second-order valence-electron chi connectivity index (χ2n) is 4.75. The average Bonchev–Trinajstić information content (AvgIpc) is 2.59. The Kier molecular flexibility index (Phi) is 4.09. The Balaban J connectivity index is 1.62. The van der Waals surface area contributed by atoms with Gasteiger partial charge in [0.05, 0.1) is 12.7 Å². The molecule has 0 radical (unpaired) electrons. The van der Waals surface area contributed by atoms with Crippen molar-refractivity contribution in [2.24, 2.45) is 0 Å². The minimum atomic E-state index is -0.190. The van der Waals surface area contributed by atoms with Crippen molar-refractivity contribution in [3.63, 3.8) is 0 Å². The first-order chi connectivity index (χ1) is 10.8. The van der Waals surface area contributed by atoms with E-state index in [1.165, 1.54) is 13.3 Å². The minimum Gasteiger partial charge on any atom is -0.486 e. The number of methoxy groups -OCH3 is 1. The number of hydrogen-bond donors (Lipinski definition) is 1. The zero-order valence-corrected chi connectivity index (χ0v) is 12.2. The third-order valence-electron chi connectivity index (χ3n) is 3.27. The fraction of sp³-hybridized carbons (Fsp3) is 0.250. The molecule has 1 aliphatic heterocycles. The monoisotopic (exact) mass is 300 g/mol. The largest absolute Gasteiger partial charge is 0.486 e. The summed E-state index contributed by atoms with van der Waals surface area (Å²) in [6, 6.07) is 8.95. The molecule has 6 heteroatoms. The number of hydrogen-bond acceptors (Lipinski definition) is 5. The first-order valence-electron chi connectivity index (χ1n) is 6.93. The van der Waals surface area contributed by atoms with Gasteiger partial charge in [-0.25, -0.2) is 4.98 Å². The summed E-state index contributed by atoms with van der Waals surface area (Å²) in [6.07, 6.45) is 1.48. The van der Waals surface area contributed by atoms with Gasteiger partial charge >= 0.3 is 0 Å². The summed E-state index contributed by atoms with van der Waals surface area (Å²) in [6.45, 7) is 1.51. The summed E-state index contributed by atoms with van der Waals surface area (Å²) in [4.78, 5) is 16.1. The van der Waals surface area contributed by atoms with E-state index in [0.717, 1.165) is 11.3 Å². The predicted octanol–water partition coefficient (Wildman–Crippen LogP) is 1.79. The maximum Gasteiger partial charge on any atom is 0.253 e. The van der Waals surface area contributed by atoms with Gasteiger partial charge in [-0.2, -0.15) is 0 Å². The number of amides is 1. The van der Waals surface area contributed by atoms with Gasteiger partial charge in [0.2, 0.25) is 5.88 Å². The van der Waals surface area contributed by atoms with Gasteiger partial charge < -0.3 is 19.5 Å². The molecule has 2 heterocycles. The standard InChI is InChI=1S/C16H16N2O4/c1-20-15-5-3-12(10-17-15)16(19)18-9-11-2-4-13-14(8-11)22-7-6-21-13/h2-5,8,10H,6-7,9H2,1H3,(H,18,19). The highest BCUT2D eigenvalue weighted by atomic mass is 16.6. The molecule has 0 aliphatic carbocycles. The Bertz CT molecular complexity index is 670. The smallest absolute Gasteiger partial charge is 0.253 e. The number of aromatic nitrogens is 1. The van der Waals surface area contributed by atoms with E-state index in [-0.39, 0.29) is 5.91 Å². The second kappa shape index (κ2) is 6.34. The third kappa shape index (κ3) is 3.11. The van der Waals surface area contributed by atoms with Crippen LogP contribution < -0.4 is 19.5 Å². The SMILES string of the molecule is COc1ccc(C(=O)NCc2ccc3c(c2)OCCO3)cn1. The van der Waals surface area contributed by atoms with E-state index in [1.807, 2.05) is 18.2 Å². The Labute approximate surface area is 128 Å². The lowest BCUT2D eigenvalue weighted by molar-refractivity contribution is 0.0950. The highest BCUT2D eigenvalue weighted by molar-refractivity contribution is 5.93. The van der Waals surface area contributed by atoms with E-state index in [1.54, 1.807) is 12.1 Å². The Morgan fingerprint density at radius 2 is 2.05 bits per heavy atom. The number of rotatable bonds is 4. The van der Waals surface area contributed by atoms with Crippen LogP contribution in [0.2, 0.25) is 0 Å². The number of benzene rings is 1. The molecular formula is C16H16N2O4. The van der Waals surface area contributed by atoms with Crippen LogP contribution in [0.3, 0.4) is 0 Å². The molecule has 0 saturated heterocycles. The van der Waals surface area contributed by atoms with Crippen LogP contribution in [-0.4, -0.2) is 31.2 Å². The minimum absolute atomic E-state index is 0.190. The van der Waals surface area contributed by atoms with E-state index < -0.39 is 0 Å². The first kappa shape index (κ1) is 14.2. The molecule has 6 nitrogen and oxygen atoms in total. The molecule has 22 heavy (non-hydrogen) atoms. The van der Waals surface area contributed by atoms with E-state index in [2.05, 4.69) is 10.3 Å². The summed E-state index contributed by atoms with van der Waals surface area (Å²) in [5.41, 5.74) is 1.43. The van der Waals surface area contributed by atoms with Crippen LogP contribution in [0, 0.1) is 0 Å². The van der Waals surface area contributed by atoms with E-state index in [9.17, 15) is 4.79 Å². The molecule has 0 spiro atoms. The van der Waals surface area contributed by atoms with Gasteiger partial charge in [0, 0.05) is 18.8 Å². The maximum absolute atomic E-state index is 12.1.